The summed E-state index contributed by atoms with van der Waals surface area (Å²) in [5.41, 5.74) is 3.15. The summed E-state index contributed by atoms with van der Waals surface area (Å²) in [6.07, 6.45) is 0. The van der Waals surface area contributed by atoms with Crippen molar-refractivity contribution in [2.45, 2.75) is 6.61 Å². The molecule has 2 aromatic carbocycles. The summed E-state index contributed by atoms with van der Waals surface area (Å²) in [6, 6.07) is 19.0. The fourth-order valence-corrected chi connectivity index (χ4v) is 3.19. The predicted molar refractivity (Wildman–Crippen MR) is 98.6 cm³/mol. The van der Waals surface area contributed by atoms with E-state index in [0.29, 0.717) is 11.4 Å². The third-order valence-corrected chi connectivity index (χ3v) is 4.49. The van der Waals surface area contributed by atoms with Crippen LogP contribution in [0.4, 0.5) is 0 Å². The molecule has 0 saturated heterocycles. The quantitative estimate of drug-likeness (QED) is 0.476. The van der Waals surface area contributed by atoms with Crippen molar-refractivity contribution in [1.82, 2.24) is 10.1 Å². The van der Waals surface area contributed by atoms with Crippen molar-refractivity contribution < 1.29 is 14.1 Å². The first-order valence-electron chi connectivity index (χ1n) is 7.98. The normalized spacial score (nSPS) is 10.6. The highest BCUT2D eigenvalue weighted by atomic mass is 32.1. The topological polar surface area (TPSA) is 65.2 Å². The highest BCUT2D eigenvalue weighted by molar-refractivity contribution is 7.08. The maximum Gasteiger partial charge on any atom is 0.339 e. The molecular formula is C20H14N2O3S. The Kier molecular flexibility index (Phi) is 4.57. The van der Waals surface area contributed by atoms with E-state index in [1.165, 1.54) is 0 Å². The molecule has 4 aromatic rings. The van der Waals surface area contributed by atoms with Crippen molar-refractivity contribution in [1.29, 1.82) is 0 Å². The van der Waals surface area contributed by atoms with Crippen molar-refractivity contribution in [2.24, 2.45) is 0 Å². The third-order valence-electron chi connectivity index (χ3n) is 3.81. The number of hydrogen-bond donors (Lipinski definition) is 0. The first-order chi connectivity index (χ1) is 12.8. The SMILES string of the molecule is O=C(OCc1nc(-c2ccsc2)no1)c1ccccc1-c1ccccc1. The lowest BCUT2D eigenvalue weighted by Crippen LogP contribution is -2.07. The monoisotopic (exact) mass is 362 g/mol. The summed E-state index contributed by atoms with van der Waals surface area (Å²) in [6.45, 7) is -0.0703. The lowest BCUT2D eigenvalue weighted by atomic mass is 10.00. The highest BCUT2D eigenvalue weighted by Crippen LogP contribution is 2.24. The Morgan fingerprint density at radius 3 is 2.62 bits per heavy atom. The van der Waals surface area contributed by atoms with Crippen LogP contribution in [0, 0.1) is 0 Å². The molecule has 6 heteroatoms. The minimum absolute atomic E-state index is 0.0703. The maximum absolute atomic E-state index is 12.5. The van der Waals surface area contributed by atoms with E-state index < -0.39 is 5.97 Å². The number of nitrogens with zero attached hydrogens (tertiary/aromatic N) is 2. The van der Waals surface area contributed by atoms with Crippen LogP contribution >= 0.6 is 11.3 Å². The molecule has 5 nitrogen and oxygen atoms in total. The smallest absolute Gasteiger partial charge is 0.339 e. The predicted octanol–water partition coefficient (Wildman–Crippen LogP) is 4.82. The molecule has 0 atom stereocenters. The minimum Gasteiger partial charge on any atom is -0.452 e. The Morgan fingerprint density at radius 2 is 1.81 bits per heavy atom. The maximum atomic E-state index is 12.5. The van der Waals surface area contributed by atoms with E-state index in [-0.39, 0.29) is 12.5 Å². The van der Waals surface area contributed by atoms with Gasteiger partial charge in [-0.15, -0.1) is 0 Å². The van der Waals surface area contributed by atoms with Crippen molar-refractivity contribution >= 4 is 17.3 Å². The van der Waals surface area contributed by atoms with Gasteiger partial charge in [-0.25, -0.2) is 4.79 Å². The Balaban J connectivity index is 1.49. The van der Waals surface area contributed by atoms with E-state index in [1.807, 2.05) is 65.4 Å². The first-order valence-corrected chi connectivity index (χ1v) is 8.92. The molecule has 0 bridgehead atoms. The second-order valence-corrected chi connectivity index (χ2v) is 6.29. The molecule has 0 N–H and O–H groups in total. The molecule has 0 aliphatic heterocycles. The fraction of sp³-hybridized carbons (Fsp3) is 0.0500. The Hall–Kier alpha value is -3.25. The molecule has 4 rings (SSSR count). The van der Waals surface area contributed by atoms with Gasteiger partial charge in [-0.3, -0.25) is 0 Å². The fourth-order valence-electron chi connectivity index (χ4n) is 2.56. The van der Waals surface area contributed by atoms with Gasteiger partial charge < -0.3 is 9.26 Å². The average Bonchev–Trinajstić information content (AvgIpc) is 3.38. The summed E-state index contributed by atoms with van der Waals surface area (Å²) >= 11 is 1.55. The van der Waals surface area contributed by atoms with Crippen LogP contribution in [0.2, 0.25) is 0 Å². The van der Waals surface area contributed by atoms with Gasteiger partial charge in [0.25, 0.3) is 5.89 Å². The van der Waals surface area contributed by atoms with Crippen molar-refractivity contribution in [3.05, 3.63) is 82.9 Å². The van der Waals surface area contributed by atoms with Crippen LogP contribution in [0.5, 0.6) is 0 Å². The summed E-state index contributed by atoms with van der Waals surface area (Å²) in [7, 11) is 0. The Bertz CT molecular complexity index is 1010. The molecule has 26 heavy (non-hydrogen) atoms. The molecule has 0 radical (unpaired) electrons. The lowest BCUT2D eigenvalue weighted by molar-refractivity contribution is 0.0430. The number of benzene rings is 2. The Morgan fingerprint density at radius 1 is 1.00 bits per heavy atom. The van der Waals surface area contributed by atoms with Crippen molar-refractivity contribution in [3.8, 4) is 22.5 Å². The molecular weight excluding hydrogens is 348 g/mol. The molecule has 0 aliphatic carbocycles. The van der Waals surface area contributed by atoms with Gasteiger partial charge in [0.1, 0.15) is 0 Å². The minimum atomic E-state index is -0.431. The van der Waals surface area contributed by atoms with Gasteiger partial charge in [-0.2, -0.15) is 16.3 Å². The van der Waals surface area contributed by atoms with Crippen molar-refractivity contribution in [2.75, 3.05) is 0 Å². The van der Waals surface area contributed by atoms with E-state index in [2.05, 4.69) is 10.1 Å². The van der Waals surface area contributed by atoms with Crippen LogP contribution in [0.1, 0.15) is 16.2 Å². The number of carbonyl (C=O) groups excluding carboxylic acids is 1. The van der Waals surface area contributed by atoms with Gasteiger partial charge in [0.2, 0.25) is 5.82 Å². The van der Waals surface area contributed by atoms with Gasteiger partial charge in [-0.1, -0.05) is 53.7 Å². The number of aromatic nitrogens is 2. The molecule has 2 aromatic heterocycles. The third kappa shape index (κ3) is 3.41. The first kappa shape index (κ1) is 16.2. The van der Waals surface area contributed by atoms with Gasteiger partial charge in [0.15, 0.2) is 6.61 Å². The second-order valence-electron chi connectivity index (χ2n) is 5.51. The number of carbonyl (C=O) groups is 1. The van der Waals surface area contributed by atoms with Gasteiger partial charge in [0, 0.05) is 10.9 Å². The summed E-state index contributed by atoms with van der Waals surface area (Å²) < 4.78 is 10.5. The van der Waals surface area contributed by atoms with Crippen LogP contribution in [0.25, 0.3) is 22.5 Å². The van der Waals surface area contributed by atoms with E-state index in [0.717, 1.165) is 16.7 Å². The molecule has 0 fully saturated rings. The van der Waals surface area contributed by atoms with Crippen LogP contribution in [-0.4, -0.2) is 16.1 Å². The average molecular weight is 362 g/mol. The molecule has 2 heterocycles. The van der Waals surface area contributed by atoms with E-state index >= 15 is 0 Å². The molecule has 0 saturated carbocycles. The highest BCUT2D eigenvalue weighted by Gasteiger charge is 2.16. The Labute approximate surface area is 153 Å². The van der Waals surface area contributed by atoms with Crippen LogP contribution in [-0.2, 0) is 11.3 Å². The number of hydrogen-bond acceptors (Lipinski definition) is 6. The van der Waals surface area contributed by atoms with Crippen LogP contribution in [0.3, 0.4) is 0 Å². The molecule has 128 valence electrons. The number of rotatable bonds is 5. The lowest BCUT2D eigenvalue weighted by Gasteiger charge is -2.08. The van der Waals surface area contributed by atoms with Gasteiger partial charge >= 0.3 is 5.97 Å². The van der Waals surface area contributed by atoms with E-state index in [9.17, 15) is 4.79 Å². The summed E-state index contributed by atoms with van der Waals surface area (Å²) in [5, 5.41) is 7.77. The molecule has 0 spiro atoms. The van der Waals surface area contributed by atoms with E-state index in [4.69, 9.17) is 9.26 Å². The summed E-state index contributed by atoms with van der Waals surface area (Å²) in [4.78, 5) is 16.8. The van der Waals surface area contributed by atoms with E-state index in [1.54, 1.807) is 17.4 Å². The number of ether oxygens (including phenoxy) is 1. The second kappa shape index (κ2) is 7.33. The standard InChI is InChI=1S/C20H14N2O3S/c23-20(17-9-5-4-8-16(17)14-6-2-1-3-7-14)24-12-18-21-19(22-25-18)15-10-11-26-13-15/h1-11,13H,12H2. The number of esters is 1. The van der Waals surface area contributed by atoms with Crippen LogP contribution < -0.4 is 0 Å². The molecule has 0 aliphatic rings. The molecule has 0 unspecified atom stereocenters. The zero-order chi connectivity index (χ0) is 17.8. The zero-order valence-corrected chi connectivity index (χ0v) is 14.5. The van der Waals surface area contributed by atoms with Crippen LogP contribution in [0.15, 0.2) is 75.9 Å². The summed E-state index contributed by atoms with van der Waals surface area (Å²) in [5.74, 6) is 0.318. The zero-order valence-electron chi connectivity index (χ0n) is 13.7. The van der Waals surface area contributed by atoms with Gasteiger partial charge in [-0.05, 0) is 28.6 Å². The van der Waals surface area contributed by atoms with Crippen molar-refractivity contribution in [3.63, 3.8) is 0 Å². The number of thiophene rings is 1. The van der Waals surface area contributed by atoms with Gasteiger partial charge in [0.05, 0.1) is 5.56 Å². The largest absolute Gasteiger partial charge is 0.452 e. The molecule has 0 amide bonds.